The van der Waals surface area contributed by atoms with E-state index < -0.39 is 0 Å². The predicted octanol–water partition coefficient (Wildman–Crippen LogP) is 2.89. The fourth-order valence-electron chi connectivity index (χ4n) is 2.38. The number of nitrogens with one attached hydrogen (secondary N) is 1. The van der Waals surface area contributed by atoms with Crippen LogP contribution in [0.4, 0.5) is 0 Å². The smallest absolute Gasteiger partial charge is 0.244 e. The van der Waals surface area contributed by atoms with Gasteiger partial charge in [-0.15, -0.1) is 0 Å². The Morgan fingerprint density at radius 3 is 2.75 bits per heavy atom. The SMILES string of the molecule is Cc1nn(CC(=O)N(C)Cc2cc(-c3ccccc3)n[nH]2)cc1Cl. The van der Waals surface area contributed by atoms with Gasteiger partial charge in [0.1, 0.15) is 6.54 Å². The molecule has 1 amide bonds. The van der Waals surface area contributed by atoms with Crippen LogP contribution in [-0.4, -0.2) is 37.8 Å². The highest BCUT2D eigenvalue weighted by atomic mass is 35.5. The Morgan fingerprint density at radius 1 is 1.33 bits per heavy atom. The van der Waals surface area contributed by atoms with Gasteiger partial charge in [-0.25, -0.2) is 0 Å². The number of hydrogen-bond acceptors (Lipinski definition) is 3. The fraction of sp³-hybridized carbons (Fsp3) is 0.235. The molecule has 0 unspecified atom stereocenters. The lowest BCUT2D eigenvalue weighted by atomic mass is 10.1. The molecule has 124 valence electrons. The summed E-state index contributed by atoms with van der Waals surface area (Å²) in [7, 11) is 1.75. The van der Waals surface area contributed by atoms with Gasteiger partial charge < -0.3 is 4.90 Å². The highest BCUT2D eigenvalue weighted by Crippen LogP contribution is 2.17. The minimum absolute atomic E-state index is 0.0509. The molecule has 24 heavy (non-hydrogen) atoms. The number of halogens is 1. The zero-order valence-corrected chi connectivity index (χ0v) is 14.3. The van der Waals surface area contributed by atoms with Gasteiger partial charge in [-0.3, -0.25) is 14.6 Å². The standard InChI is InChI=1S/C17H18ClN5O/c1-12-15(18)10-23(21-12)11-17(24)22(2)9-14-8-16(20-19-14)13-6-4-3-5-7-13/h3-8,10H,9,11H2,1-2H3,(H,19,20). The maximum Gasteiger partial charge on any atom is 0.244 e. The number of rotatable bonds is 5. The van der Waals surface area contributed by atoms with E-state index in [1.54, 1.807) is 22.8 Å². The average Bonchev–Trinajstić information content (AvgIpc) is 3.15. The third-order valence-electron chi connectivity index (χ3n) is 3.72. The molecule has 6 nitrogen and oxygen atoms in total. The second kappa shape index (κ2) is 6.88. The summed E-state index contributed by atoms with van der Waals surface area (Å²) in [6.07, 6.45) is 1.66. The van der Waals surface area contributed by atoms with Gasteiger partial charge in [-0.1, -0.05) is 41.9 Å². The lowest BCUT2D eigenvalue weighted by Crippen LogP contribution is -2.30. The number of aryl methyl sites for hydroxylation is 1. The summed E-state index contributed by atoms with van der Waals surface area (Å²) in [6.45, 7) is 2.42. The topological polar surface area (TPSA) is 66.8 Å². The minimum Gasteiger partial charge on any atom is -0.338 e. The van der Waals surface area contributed by atoms with Crippen LogP contribution >= 0.6 is 11.6 Å². The quantitative estimate of drug-likeness (QED) is 0.774. The molecule has 0 saturated heterocycles. The van der Waals surface area contributed by atoms with Crippen molar-refractivity contribution in [2.75, 3.05) is 7.05 Å². The van der Waals surface area contributed by atoms with Crippen molar-refractivity contribution in [3.63, 3.8) is 0 Å². The van der Waals surface area contributed by atoms with Gasteiger partial charge in [-0.2, -0.15) is 10.2 Å². The summed E-state index contributed by atoms with van der Waals surface area (Å²) in [5.74, 6) is -0.0509. The van der Waals surface area contributed by atoms with E-state index in [1.165, 1.54) is 0 Å². The molecule has 7 heteroatoms. The minimum atomic E-state index is -0.0509. The van der Waals surface area contributed by atoms with Crippen LogP contribution in [0, 0.1) is 6.92 Å². The fourth-order valence-corrected chi connectivity index (χ4v) is 2.53. The van der Waals surface area contributed by atoms with E-state index in [0.717, 1.165) is 17.0 Å². The monoisotopic (exact) mass is 343 g/mol. The van der Waals surface area contributed by atoms with Gasteiger partial charge in [0.2, 0.25) is 5.91 Å². The van der Waals surface area contributed by atoms with Crippen LogP contribution in [0.3, 0.4) is 0 Å². The van der Waals surface area contributed by atoms with Crippen LogP contribution < -0.4 is 0 Å². The van der Waals surface area contributed by atoms with Crippen LogP contribution in [0.15, 0.2) is 42.6 Å². The maximum atomic E-state index is 12.3. The summed E-state index contributed by atoms with van der Waals surface area (Å²) in [5, 5.41) is 12.0. The first-order valence-electron chi connectivity index (χ1n) is 7.56. The van der Waals surface area contributed by atoms with Gasteiger partial charge in [0.25, 0.3) is 0 Å². The van der Waals surface area contributed by atoms with Crippen molar-refractivity contribution in [1.82, 2.24) is 24.9 Å². The molecule has 0 radical (unpaired) electrons. The van der Waals surface area contributed by atoms with Gasteiger partial charge in [0, 0.05) is 18.8 Å². The van der Waals surface area contributed by atoms with Crippen molar-refractivity contribution in [2.45, 2.75) is 20.0 Å². The van der Waals surface area contributed by atoms with Crippen molar-refractivity contribution < 1.29 is 4.79 Å². The van der Waals surface area contributed by atoms with E-state index >= 15 is 0 Å². The average molecular weight is 344 g/mol. The molecule has 1 N–H and O–H groups in total. The molecule has 3 rings (SSSR count). The first-order valence-corrected chi connectivity index (χ1v) is 7.94. The maximum absolute atomic E-state index is 12.3. The Balaban J connectivity index is 1.63. The summed E-state index contributed by atoms with van der Waals surface area (Å²) < 4.78 is 1.55. The summed E-state index contributed by atoms with van der Waals surface area (Å²) in [6, 6.07) is 11.9. The number of hydrogen-bond donors (Lipinski definition) is 1. The highest BCUT2D eigenvalue weighted by molar-refractivity contribution is 6.31. The number of aromatic amines is 1. The predicted molar refractivity (Wildman–Crippen MR) is 92.5 cm³/mol. The first-order chi connectivity index (χ1) is 11.5. The van der Waals surface area contributed by atoms with Gasteiger partial charge in [-0.05, 0) is 13.0 Å². The molecule has 2 aromatic heterocycles. The number of H-pyrrole nitrogens is 1. The zero-order chi connectivity index (χ0) is 17.1. The number of aromatic nitrogens is 4. The van der Waals surface area contributed by atoms with E-state index in [9.17, 15) is 4.79 Å². The van der Waals surface area contributed by atoms with Crippen LogP contribution in [0.2, 0.25) is 5.02 Å². The Morgan fingerprint density at radius 2 is 2.08 bits per heavy atom. The molecular formula is C17H18ClN5O. The van der Waals surface area contributed by atoms with Crippen molar-refractivity contribution in [3.8, 4) is 11.3 Å². The highest BCUT2D eigenvalue weighted by Gasteiger charge is 2.13. The van der Waals surface area contributed by atoms with E-state index in [2.05, 4.69) is 15.3 Å². The first kappa shape index (κ1) is 16.3. The van der Waals surface area contributed by atoms with Crippen molar-refractivity contribution in [3.05, 3.63) is 59.0 Å². The Kier molecular flexibility index (Phi) is 4.66. The number of amides is 1. The van der Waals surface area contributed by atoms with E-state index in [-0.39, 0.29) is 12.5 Å². The molecule has 0 aliphatic carbocycles. The zero-order valence-electron chi connectivity index (χ0n) is 13.5. The summed E-state index contributed by atoms with van der Waals surface area (Å²) in [4.78, 5) is 13.9. The van der Waals surface area contributed by atoms with Crippen molar-refractivity contribution >= 4 is 17.5 Å². The molecule has 0 aliphatic rings. The van der Waals surface area contributed by atoms with E-state index in [4.69, 9.17) is 11.6 Å². The van der Waals surface area contributed by atoms with E-state index in [0.29, 0.717) is 17.3 Å². The van der Waals surface area contributed by atoms with E-state index in [1.807, 2.05) is 43.3 Å². The second-order valence-electron chi connectivity index (χ2n) is 5.65. The lowest BCUT2D eigenvalue weighted by Gasteiger charge is -2.15. The Bertz CT molecular complexity index is 820. The van der Waals surface area contributed by atoms with Gasteiger partial charge in [0.15, 0.2) is 0 Å². The number of carbonyl (C=O) groups excluding carboxylic acids is 1. The molecule has 0 spiro atoms. The van der Waals surface area contributed by atoms with Crippen LogP contribution in [-0.2, 0) is 17.9 Å². The van der Waals surface area contributed by atoms with Crippen molar-refractivity contribution in [2.24, 2.45) is 0 Å². The number of benzene rings is 1. The molecule has 0 aliphatic heterocycles. The van der Waals surface area contributed by atoms with Crippen LogP contribution in [0.25, 0.3) is 11.3 Å². The molecule has 1 aromatic carbocycles. The van der Waals surface area contributed by atoms with Crippen molar-refractivity contribution in [1.29, 1.82) is 0 Å². The molecule has 0 fully saturated rings. The number of nitrogens with zero attached hydrogens (tertiary/aromatic N) is 4. The number of likely N-dealkylation sites (N-methyl/N-ethyl adjacent to an activating group) is 1. The summed E-state index contributed by atoms with van der Waals surface area (Å²) in [5.41, 5.74) is 3.49. The molecule has 3 aromatic rings. The third-order valence-corrected chi connectivity index (χ3v) is 4.09. The number of carbonyl (C=O) groups is 1. The molecule has 2 heterocycles. The molecule has 0 atom stereocenters. The van der Waals surface area contributed by atoms with Gasteiger partial charge >= 0.3 is 0 Å². The third kappa shape index (κ3) is 3.65. The summed E-state index contributed by atoms with van der Waals surface area (Å²) >= 11 is 5.96. The Hall–Kier alpha value is -2.60. The van der Waals surface area contributed by atoms with Crippen LogP contribution in [0.1, 0.15) is 11.4 Å². The van der Waals surface area contributed by atoms with Crippen LogP contribution in [0.5, 0.6) is 0 Å². The molecule has 0 saturated carbocycles. The lowest BCUT2D eigenvalue weighted by molar-refractivity contribution is -0.131. The van der Waals surface area contributed by atoms with Gasteiger partial charge in [0.05, 0.1) is 28.6 Å². The second-order valence-corrected chi connectivity index (χ2v) is 6.06. The largest absolute Gasteiger partial charge is 0.338 e. The Labute approximate surface area is 145 Å². The molecule has 0 bridgehead atoms. The molecular weight excluding hydrogens is 326 g/mol. The normalized spacial score (nSPS) is 10.8.